The largest absolute Gasteiger partial charge is 0.469 e. The summed E-state index contributed by atoms with van der Waals surface area (Å²) in [4.78, 5) is 26.8. The van der Waals surface area contributed by atoms with Crippen molar-refractivity contribution < 1.29 is 27.5 Å². The van der Waals surface area contributed by atoms with E-state index in [0.717, 1.165) is 11.1 Å². The van der Waals surface area contributed by atoms with Gasteiger partial charge in [0.25, 0.3) is 0 Å². The molecule has 232 valence electrons. The van der Waals surface area contributed by atoms with Gasteiger partial charge < -0.3 is 19.7 Å². The minimum atomic E-state index is -3.76. The minimum absolute atomic E-state index is 0.0788. The van der Waals surface area contributed by atoms with Crippen LogP contribution in [0.1, 0.15) is 62.6 Å². The van der Waals surface area contributed by atoms with Gasteiger partial charge in [0.2, 0.25) is 15.9 Å². The van der Waals surface area contributed by atoms with Crippen molar-refractivity contribution in [3.8, 4) is 11.8 Å². The fourth-order valence-corrected chi connectivity index (χ4v) is 7.01. The second-order valence-corrected chi connectivity index (χ2v) is 13.3. The minimum Gasteiger partial charge on any atom is -0.469 e. The molecule has 1 saturated heterocycles. The maximum Gasteiger partial charge on any atom is 0.305 e. The van der Waals surface area contributed by atoms with Gasteiger partial charge in [0.05, 0.1) is 36.9 Å². The van der Waals surface area contributed by atoms with Crippen LogP contribution in [0.4, 0.5) is 5.69 Å². The summed E-state index contributed by atoms with van der Waals surface area (Å²) in [5, 5.41) is 3.06. The molecule has 2 N–H and O–H groups in total. The number of morpholine rings is 1. The smallest absolute Gasteiger partial charge is 0.305 e. The standard InChI is InChI=1S/C33H43N3O6S/c1-23(2)31-22-42-20-19-36(31)33(38)27-12-15-28(16-13-27)35-43(39,40)29-17-14-26(30(21-29)34-3)11-9-24-5-7-25(8-6-24)10-18-32(37)41-4/h5-8,14,17,21,23,27-28,31,34-35H,10,12-13,15-16,18-20,22H2,1-4H3/t27?,28?,31-/m1/s1. The summed E-state index contributed by atoms with van der Waals surface area (Å²) in [7, 11) is -0.644. The van der Waals surface area contributed by atoms with Crippen LogP contribution in [0.5, 0.6) is 0 Å². The van der Waals surface area contributed by atoms with Crippen LogP contribution in [0.15, 0.2) is 47.4 Å². The zero-order chi connectivity index (χ0) is 31.0. The number of nitrogens with one attached hydrogen (secondary N) is 2. The summed E-state index contributed by atoms with van der Waals surface area (Å²) < 4.78 is 39.7. The van der Waals surface area contributed by atoms with Crippen LogP contribution in [-0.4, -0.2) is 71.2 Å². The lowest BCUT2D eigenvalue weighted by Gasteiger charge is -2.41. The molecule has 10 heteroatoms. The first-order chi connectivity index (χ1) is 20.6. The van der Waals surface area contributed by atoms with Gasteiger partial charge in [-0.05, 0) is 73.9 Å². The number of sulfonamides is 1. The molecule has 1 heterocycles. The Morgan fingerprint density at radius 3 is 2.44 bits per heavy atom. The normalized spacial score (nSPS) is 20.7. The molecule has 0 aromatic heterocycles. The molecule has 0 radical (unpaired) electrons. The van der Waals surface area contributed by atoms with Crippen LogP contribution in [0.25, 0.3) is 0 Å². The summed E-state index contributed by atoms with van der Waals surface area (Å²) in [6.07, 6.45) is 3.49. The molecule has 1 aliphatic carbocycles. The Balaban J connectivity index is 1.35. The van der Waals surface area contributed by atoms with Crippen molar-refractivity contribution in [3.63, 3.8) is 0 Å². The van der Waals surface area contributed by atoms with Crippen molar-refractivity contribution in [2.75, 3.05) is 39.2 Å². The van der Waals surface area contributed by atoms with Crippen molar-refractivity contribution >= 4 is 27.6 Å². The van der Waals surface area contributed by atoms with Gasteiger partial charge in [-0.1, -0.05) is 37.8 Å². The quantitative estimate of drug-likeness (QED) is 0.327. The van der Waals surface area contributed by atoms with Gasteiger partial charge in [0, 0.05) is 43.1 Å². The number of amides is 1. The van der Waals surface area contributed by atoms with Gasteiger partial charge in [0.15, 0.2) is 0 Å². The number of carbonyl (C=O) groups is 2. The van der Waals surface area contributed by atoms with Gasteiger partial charge in [-0.3, -0.25) is 9.59 Å². The molecule has 0 unspecified atom stereocenters. The van der Waals surface area contributed by atoms with E-state index in [4.69, 9.17) is 4.74 Å². The number of methoxy groups -OCH3 is 1. The number of aryl methyl sites for hydroxylation is 1. The summed E-state index contributed by atoms with van der Waals surface area (Å²) in [5.74, 6) is 6.43. The first kappa shape index (κ1) is 32.5. The fraction of sp³-hybridized carbons (Fsp3) is 0.515. The highest BCUT2D eigenvalue weighted by Gasteiger charge is 2.36. The highest BCUT2D eigenvalue weighted by molar-refractivity contribution is 7.89. The first-order valence-corrected chi connectivity index (χ1v) is 16.5. The van der Waals surface area contributed by atoms with Crippen LogP contribution in [-0.2, 0) is 35.5 Å². The van der Waals surface area contributed by atoms with E-state index in [1.54, 1.807) is 25.2 Å². The van der Waals surface area contributed by atoms with Crippen molar-refractivity contribution in [3.05, 3.63) is 59.2 Å². The van der Waals surface area contributed by atoms with E-state index in [-0.39, 0.29) is 34.8 Å². The molecule has 9 nitrogen and oxygen atoms in total. The second kappa shape index (κ2) is 14.9. The van der Waals surface area contributed by atoms with Crippen molar-refractivity contribution in [1.29, 1.82) is 0 Å². The summed E-state index contributed by atoms with van der Waals surface area (Å²) in [6.45, 7) is 5.98. The number of esters is 1. The number of nitrogens with zero attached hydrogens (tertiary/aromatic N) is 1. The zero-order valence-corrected chi connectivity index (χ0v) is 26.3. The van der Waals surface area contributed by atoms with E-state index in [1.807, 2.05) is 29.2 Å². The monoisotopic (exact) mass is 609 g/mol. The topological polar surface area (TPSA) is 114 Å². The predicted octanol–water partition coefficient (Wildman–Crippen LogP) is 3.95. The highest BCUT2D eigenvalue weighted by atomic mass is 32.2. The van der Waals surface area contributed by atoms with E-state index < -0.39 is 10.0 Å². The van der Waals surface area contributed by atoms with Crippen molar-refractivity contribution in [2.45, 2.75) is 69.4 Å². The Morgan fingerprint density at radius 2 is 1.79 bits per heavy atom. The van der Waals surface area contributed by atoms with Crippen LogP contribution >= 0.6 is 0 Å². The van der Waals surface area contributed by atoms with E-state index in [2.05, 4.69) is 40.5 Å². The van der Waals surface area contributed by atoms with E-state index in [1.165, 1.54) is 7.11 Å². The van der Waals surface area contributed by atoms with Gasteiger partial charge >= 0.3 is 5.97 Å². The highest BCUT2D eigenvalue weighted by Crippen LogP contribution is 2.30. The predicted molar refractivity (Wildman–Crippen MR) is 166 cm³/mol. The van der Waals surface area contributed by atoms with Gasteiger partial charge in [0.1, 0.15) is 0 Å². The van der Waals surface area contributed by atoms with Gasteiger partial charge in [-0.2, -0.15) is 0 Å². The van der Waals surface area contributed by atoms with Crippen molar-refractivity contribution in [2.24, 2.45) is 11.8 Å². The van der Waals surface area contributed by atoms with Crippen molar-refractivity contribution in [1.82, 2.24) is 9.62 Å². The van der Waals surface area contributed by atoms with Crippen LogP contribution in [0.3, 0.4) is 0 Å². The number of hydrogen-bond donors (Lipinski definition) is 2. The second-order valence-electron chi connectivity index (χ2n) is 11.6. The lowest BCUT2D eigenvalue weighted by Crippen LogP contribution is -2.53. The molecular weight excluding hydrogens is 566 g/mol. The SMILES string of the molecule is CNc1cc(S(=O)(=O)NC2CCC(C(=O)N3CCOC[C@@H]3C(C)C)CC2)ccc1C#Cc1ccc(CCC(=O)OC)cc1. The lowest BCUT2D eigenvalue weighted by atomic mass is 9.85. The third-order valence-corrected chi connectivity index (χ3v) is 9.85. The average molecular weight is 610 g/mol. The van der Waals surface area contributed by atoms with Crippen LogP contribution < -0.4 is 10.0 Å². The maximum absolute atomic E-state index is 13.3. The number of benzene rings is 2. The average Bonchev–Trinajstić information content (AvgIpc) is 3.02. The van der Waals surface area contributed by atoms with Gasteiger partial charge in [-0.15, -0.1) is 0 Å². The van der Waals surface area contributed by atoms with E-state index >= 15 is 0 Å². The molecular formula is C33H43N3O6S. The van der Waals surface area contributed by atoms with Crippen LogP contribution in [0.2, 0.25) is 0 Å². The Kier molecular flexibility index (Phi) is 11.2. The Morgan fingerprint density at radius 1 is 1.07 bits per heavy atom. The van der Waals surface area contributed by atoms with E-state index in [9.17, 15) is 18.0 Å². The molecule has 1 aliphatic heterocycles. The summed E-state index contributed by atoms with van der Waals surface area (Å²) >= 11 is 0. The molecule has 0 bridgehead atoms. The molecule has 1 saturated carbocycles. The van der Waals surface area contributed by atoms with E-state index in [0.29, 0.717) is 75.5 Å². The summed E-state index contributed by atoms with van der Waals surface area (Å²) in [6, 6.07) is 12.4. The maximum atomic E-state index is 13.3. The Labute approximate surface area is 255 Å². The van der Waals surface area contributed by atoms with Gasteiger partial charge in [-0.25, -0.2) is 13.1 Å². The number of ether oxygens (including phenoxy) is 2. The third-order valence-electron chi connectivity index (χ3n) is 8.33. The molecule has 43 heavy (non-hydrogen) atoms. The molecule has 1 amide bonds. The molecule has 2 aliphatic rings. The zero-order valence-electron chi connectivity index (χ0n) is 25.5. The molecule has 4 rings (SSSR count). The molecule has 1 atom stereocenters. The Bertz CT molecular complexity index is 1440. The van der Waals surface area contributed by atoms with Crippen LogP contribution in [0, 0.1) is 23.7 Å². The number of carbonyl (C=O) groups excluding carboxylic acids is 2. The molecule has 2 aromatic carbocycles. The first-order valence-electron chi connectivity index (χ1n) is 15.0. The number of anilines is 1. The molecule has 2 aromatic rings. The third kappa shape index (κ3) is 8.59. The summed E-state index contributed by atoms with van der Waals surface area (Å²) in [5.41, 5.74) is 3.12. The molecule has 2 fully saturated rings. The fourth-order valence-electron chi connectivity index (χ4n) is 5.68. The molecule has 0 spiro atoms. The lowest BCUT2D eigenvalue weighted by molar-refractivity contribution is -0.147. The number of hydrogen-bond acceptors (Lipinski definition) is 7. The Hall–Kier alpha value is -3.39. The number of rotatable bonds is 9.